The summed E-state index contributed by atoms with van der Waals surface area (Å²) >= 11 is 5.03. The molecule has 0 bridgehead atoms. The van der Waals surface area contributed by atoms with Gasteiger partial charge in [-0.2, -0.15) is 8.78 Å². The Kier molecular flexibility index (Phi) is 4.73. The highest BCUT2D eigenvalue weighted by Gasteiger charge is 2.07. The summed E-state index contributed by atoms with van der Waals surface area (Å²) < 4.78 is 30.7. The maximum Gasteiger partial charge on any atom is 0.387 e. The summed E-state index contributed by atoms with van der Waals surface area (Å²) in [6, 6.07) is 14.1. The Bertz CT molecular complexity index is 863. The van der Waals surface area contributed by atoms with Gasteiger partial charge in [0.05, 0.1) is 0 Å². The molecule has 0 radical (unpaired) electrons. The Balaban J connectivity index is 1.85. The van der Waals surface area contributed by atoms with Gasteiger partial charge in [-0.1, -0.05) is 36.5 Å². The van der Waals surface area contributed by atoms with E-state index in [1.54, 1.807) is 12.1 Å². The lowest BCUT2D eigenvalue weighted by atomic mass is 10.1. The van der Waals surface area contributed by atoms with E-state index in [1.165, 1.54) is 12.1 Å². The minimum absolute atomic E-state index is 0.132. The first-order valence-corrected chi connectivity index (χ1v) is 7.55. The standard InChI is InChI=1S/C17H14F2N2O2S/c18-17(19)23-14-5-1-11(2-6-14)10-21-8-7-12-3-4-13(9-15(12)21)16(24)20-22/h1-9,17,22H,10H2,(H,20,24). The Morgan fingerprint density at radius 2 is 1.92 bits per heavy atom. The van der Waals surface area contributed by atoms with E-state index in [4.69, 9.17) is 17.4 Å². The molecule has 0 fully saturated rings. The topological polar surface area (TPSA) is 46.4 Å². The average Bonchev–Trinajstić information content (AvgIpc) is 2.97. The molecule has 24 heavy (non-hydrogen) atoms. The van der Waals surface area contributed by atoms with E-state index in [2.05, 4.69) is 4.74 Å². The van der Waals surface area contributed by atoms with Crippen LogP contribution in [0.1, 0.15) is 11.1 Å². The lowest BCUT2D eigenvalue weighted by molar-refractivity contribution is -0.0498. The summed E-state index contributed by atoms with van der Waals surface area (Å²) in [5, 5.41) is 9.98. The lowest BCUT2D eigenvalue weighted by Crippen LogP contribution is -2.17. The maximum atomic E-state index is 12.2. The highest BCUT2D eigenvalue weighted by molar-refractivity contribution is 7.80. The van der Waals surface area contributed by atoms with Gasteiger partial charge in [0, 0.05) is 23.8 Å². The SMILES string of the molecule is ONC(=S)c1ccc2ccn(Cc3ccc(OC(F)F)cc3)c2c1. The number of fused-ring (bicyclic) bond motifs is 1. The van der Waals surface area contributed by atoms with Gasteiger partial charge in [-0.05, 0) is 35.2 Å². The fourth-order valence-electron chi connectivity index (χ4n) is 2.50. The summed E-state index contributed by atoms with van der Waals surface area (Å²) in [5.41, 5.74) is 4.59. The van der Waals surface area contributed by atoms with Gasteiger partial charge in [-0.15, -0.1) is 0 Å². The van der Waals surface area contributed by atoms with Gasteiger partial charge in [-0.25, -0.2) is 0 Å². The number of halogens is 2. The second kappa shape index (κ2) is 6.94. The zero-order valence-corrected chi connectivity index (χ0v) is 13.3. The zero-order chi connectivity index (χ0) is 17.1. The fourth-order valence-corrected chi connectivity index (χ4v) is 2.63. The Hall–Kier alpha value is -2.51. The molecule has 0 spiro atoms. The number of benzene rings is 2. The van der Waals surface area contributed by atoms with Crippen LogP contribution >= 0.6 is 12.2 Å². The van der Waals surface area contributed by atoms with Crippen molar-refractivity contribution in [3.63, 3.8) is 0 Å². The molecule has 0 atom stereocenters. The van der Waals surface area contributed by atoms with Gasteiger partial charge in [0.15, 0.2) is 0 Å². The number of hydrogen-bond donors (Lipinski definition) is 2. The van der Waals surface area contributed by atoms with Crippen LogP contribution in [0.3, 0.4) is 0 Å². The van der Waals surface area contributed by atoms with Gasteiger partial charge in [0.1, 0.15) is 10.7 Å². The highest BCUT2D eigenvalue weighted by atomic mass is 32.1. The predicted octanol–water partition coefficient (Wildman–Crippen LogP) is 3.95. The van der Waals surface area contributed by atoms with Crippen molar-refractivity contribution in [2.24, 2.45) is 0 Å². The average molecular weight is 348 g/mol. The Labute approximate surface area is 142 Å². The number of hydroxylamine groups is 1. The molecular weight excluding hydrogens is 334 g/mol. The van der Waals surface area contributed by atoms with Crippen LogP contribution in [0.4, 0.5) is 8.78 Å². The molecule has 0 aliphatic rings. The molecule has 0 aliphatic heterocycles. The first-order valence-electron chi connectivity index (χ1n) is 7.14. The fraction of sp³-hybridized carbons (Fsp3) is 0.118. The van der Waals surface area contributed by atoms with Gasteiger partial charge < -0.3 is 9.30 Å². The van der Waals surface area contributed by atoms with E-state index in [1.807, 2.05) is 40.5 Å². The van der Waals surface area contributed by atoms with E-state index in [-0.39, 0.29) is 10.7 Å². The monoisotopic (exact) mass is 348 g/mol. The van der Waals surface area contributed by atoms with Crippen LogP contribution in [0, 0.1) is 0 Å². The van der Waals surface area contributed by atoms with Gasteiger partial charge in [-0.3, -0.25) is 10.7 Å². The van der Waals surface area contributed by atoms with E-state index in [9.17, 15) is 8.78 Å². The number of thiocarbonyl (C=S) groups is 1. The zero-order valence-electron chi connectivity index (χ0n) is 12.4. The van der Waals surface area contributed by atoms with Crippen molar-refractivity contribution < 1.29 is 18.7 Å². The van der Waals surface area contributed by atoms with Crippen molar-refractivity contribution in [2.45, 2.75) is 13.2 Å². The van der Waals surface area contributed by atoms with Crippen LogP contribution in [0.25, 0.3) is 10.9 Å². The van der Waals surface area contributed by atoms with Crippen molar-refractivity contribution in [1.29, 1.82) is 0 Å². The van der Waals surface area contributed by atoms with E-state index in [0.717, 1.165) is 16.5 Å². The molecule has 0 saturated carbocycles. The third kappa shape index (κ3) is 3.52. The number of aromatic nitrogens is 1. The molecule has 0 aliphatic carbocycles. The molecule has 0 saturated heterocycles. The first-order chi connectivity index (χ1) is 11.6. The van der Waals surface area contributed by atoms with Crippen LogP contribution in [-0.2, 0) is 6.54 Å². The van der Waals surface area contributed by atoms with E-state index in [0.29, 0.717) is 12.1 Å². The molecule has 2 aromatic carbocycles. The third-order valence-corrected chi connectivity index (χ3v) is 3.97. The second-order valence-electron chi connectivity index (χ2n) is 5.18. The predicted molar refractivity (Wildman–Crippen MR) is 90.7 cm³/mol. The number of hydrogen-bond acceptors (Lipinski definition) is 3. The molecule has 0 amide bonds. The number of rotatable bonds is 5. The van der Waals surface area contributed by atoms with Crippen molar-refractivity contribution in [3.8, 4) is 5.75 Å². The van der Waals surface area contributed by atoms with Crippen LogP contribution in [-0.4, -0.2) is 21.4 Å². The maximum absolute atomic E-state index is 12.2. The molecule has 124 valence electrons. The smallest absolute Gasteiger partial charge is 0.387 e. The number of ether oxygens (including phenoxy) is 1. The molecular formula is C17H14F2N2O2S. The summed E-state index contributed by atoms with van der Waals surface area (Å²) in [7, 11) is 0. The normalized spacial score (nSPS) is 11.0. The molecule has 3 aromatic rings. The van der Waals surface area contributed by atoms with Crippen molar-refractivity contribution >= 4 is 28.1 Å². The van der Waals surface area contributed by atoms with Crippen molar-refractivity contribution in [2.75, 3.05) is 0 Å². The summed E-state index contributed by atoms with van der Waals surface area (Å²) in [6.45, 7) is -2.26. The van der Waals surface area contributed by atoms with Crippen LogP contribution in [0.15, 0.2) is 54.7 Å². The van der Waals surface area contributed by atoms with Gasteiger partial charge >= 0.3 is 6.61 Å². The van der Waals surface area contributed by atoms with Gasteiger partial charge in [0.25, 0.3) is 0 Å². The molecule has 1 heterocycles. The van der Waals surface area contributed by atoms with Crippen LogP contribution in [0.5, 0.6) is 5.75 Å². The molecule has 3 rings (SSSR count). The quantitative estimate of drug-likeness (QED) is 0.541. The third-order valence-electron chi connectivity index (χ3n) is 3.64. The van der Waals surface area contributed by atoms with Crippen LogP contribution in [0.2, 0.25) is 0 Å². The molecule has 7 heteroatoms. The molecule has 4 nitrogen and oxygen atoms in total. The summed E-state index contributed by atoms with van der Waals surface area (Å²) in [5.74, 6) is 0.132. The minimum atomic E-state index is -2.83. The minimum Gasteiger partial charge on any atom is -0.435 e. The van der Waals surface area contributed by atoms with E-state index < -0.39 is 6.61 Å². The van der Waals surface area contributed by atoms with Crippen molar-refractivity contribution in [1.82, 2.24) is 10.0 Å². The van der Waals surface area contributed by atoms with Gasteiger partial charge in [0.2, 0.25) is 0 Å². The Morgan fingerprint density at radius 1 is 1.17 bits per heavy atom. The molecule has 2 N–H and O–H groups in total. The first kappa shape index (κ1) is 16.4. The molecule has 1 aromatic heterocycles. The van der Waals surface area contributed by atoms with Crippen molar-refractivity contribution in [3.05, 3.63) is 65.9 Å². The molecule has 0 unspecified atom stereocenters. The number of alkyl halides is 2. The highest BCUT2D eigenvalue weighted by Crippen LogP contribution is 2.21. The lowest BCUT2D eigenvalue weighted by Gasteiger charge is -2.09. The summed E-state index contributed by atoms with van der Waals surface area (Å²) in [4.78, 5) is 0.248. The largest absolute Gasteiger partial charge is 0.435 e. The van der Waals surface area contributed by atoms with E-state index >= 15 is 0 Å². The Morgan fingerprint density at radius 3 is 2.58 bits per heavy atom. The number of nitrogens with zero attached hydrogens (tertiary/aromatic N) is 1. The summed E-state index contributed by atoms with van der Waals surface area (Å²) in [6.07, 6.45) is 1.94. The second-order valence-corrected chi connectivity index (χ2v) is 5.59. The number of nitrogens with one attached hydrogen (secondary N) is 1. The van der Waals surface area contributed by atoms with Crippen LogP contribution < -0.4 is 10.2 Å².